The monoisotopic (exact) mass is 211 g/mol. The van der Waals surface area contributed by atoms with Crippen molar-refractivity contribution >= 4 is 11.8 Å². The molecule has 0 saturated carbocycles. The average molecular weight is 211 g/mol. The third-order valence-corrected chi connectivity index (χ3v) is 2.65. The third kappa shape index (κ3) is 3.02. The number of hydrogen-bond acceptors (Lipinski definition) is 3. The van der Waals surface area contributed by atoms with Crippen LogP contribution in [-0.4, -0.2) is 17.0 Å². The fourth-order valence-electron chi connectivity index (χ4n) is 0.965. The van der Waals surface area contributed by atoms with E-state index in [0.29, 0.717) is 10.5 Å². The molecule has 74 valence electrons. The quantitative estimate of drug-likeness (QED) is 0.779. The van der Waals surface area contributed by atoms with Gasteiger partial charge in [-0.2, -0.15) is 5.26 Å². The largest absolute Gasteiger partial charge is 0.395 e. The molecule has 0 aliphatic rings. The Hall–Kier alpha value is -1.05. The van der Waals surface area contributed by atoms with Crippen LogP contribution in [0.15, 0.2) is 23.1 Å². The van der Waals surface area contributed by atoms with Crippen LogP contribution in [0.2, 0.25) is 0 Å². The van der Waals surface area contributed by atoms with Crippen molar-refractivity contribution in [3.05, 3.63) is 29.6 Å². The van der Waals surface area contributed by atoms with Crippen LogP contribution in [0.25, 0.3) is 0 Å². The molecule has 0 amide bonds. The molecular formula is C10H10FNOS. The zero-order chi connectivity index (χ0) is 10.6. The Morgan fingerprint density at radius 2 is 2.29 bits per heavy atom. The minimum atomic E-state index is -0.420. The number of nitriles is 1. The maximum Gasteiger partial charge on any atom is 0.125 e. The molecule has 4 heteroatoms. The van der Waals surface area contributed by atoms with E-state index in [9.17, 15) is 4.39 Å². The number of benzene rings is 1. The lowest BCUT2D eigenvalue weighted by atomic mass is 10.2. The molecule has 1 unspecified atom stereocenters. The first-order valence-electron chi connectivity index (χ1n) is 4.14. The van der Waals surface area contributed by atoms with Crippen molar-refractivity contribution in [3.8, 4) is 6.07 Å². The summed E-state index contributed by atoms with van der Waals surface area (Å²) in [5.74, 6) is -0.420. The first kappa shape index (κ1) is 11.0. The number of aliphatic hydroxyl groups is 1. The summed E-state index contributed by atoms with van der Waals surface area (Å²) >= 11 is 1.35. The Morgan fingerprint density at radius 3 is 2.86 bits per heavy atom. The van der Waals surface area contributed by atoms with E-state index in [2.05, 4.69) is 0 Å². The van der Waals surface area contributed by atoms with Gasteiger partial charge in [-0.3, -0.25) is 0 Å². The molecule has 0 heterocycles. The first-order chi connectivity index (χ1) is 6.65. The van der Waals surface area contributed by atoms with Crippen molar-refractivity contribution in [1.29, 1.82) is 5.26 Å². The lowest BCUT2D eigenvalue weighted by Crippen LogP contribution is -2.01. The highest BCUT2D eigenvalue weighted by atomic mass is 32.2. The van der Waals surface area contributed by atoms with Crippen LogP contribution in [0.3, 0.4) is 0 Å². The molecule has 0 fully saturated rings. The number of hydrogen-bond donors (Lipinski definition) is 1. The summed E-state index contributed by atoms with van der Waals surface area (Å²) in [7, 11) is 0. The Balaban J connectivity index is 2.88. The van der Waals surface area contributed by atoms with E-state index in [4.69, 9.17) is 10.4 Å². The van der Waals surface area contributed by atoms with Gasteiger partial charge in [0.25, 0.3) is 0 Å². The first-order valence-corrected chi connectivity index (χ1v) is 5.02. The molecule has 1 rings (SSSR count). The summed E-state index contributed by atoms with van der Waals surface area (Å²) in [6.45, 7) is 1.87. The van der Waals surface area contributed by atoms with E-state index < -0.39 is 5.82 Å². The van der Waals surface area contributed by atoms with Gasteiger partial charge < -0.3 is 5.11 Å². The average Bonchev–Trinajstić information content (AvgIpc) is 2.16. The van der Waals surface area contributed by atoms with Crippen molar-refractivity contribution in [3.63, 3.8) is 0 Å². The van der Waals surface area contributed by atoms with Crippen molar-refractivity contribution in [2.24, 2.45) is 0 Å². The van der Waals surface area contributed by atoms with E-state index in [1.54, 1.807) is 6.07 Å². The second-order valence-corrected chi connectivity index (χ2v) is 4.41. The van der Waals surface area contributed by atoms with Crippen LogP contribution >= 0.6 is 11.8 Å². The lowest BCUT2D eigenvalue weighted by molar-refractivity contribution is 0.300. The van der Waals surface area contributed by atoms with E-state index >= 15 is 0 Å². The van der Waals surface area contributed by atoms with Gasteiger partial charge in [0, 0.05) is 10.1 Å². The molecule has 2 nitrogen and oxygen atoms in total. The maximum atomic E-state index is 12.9. The summed E-state index contributed by atoms with van der Waals surface area (Å²) in [6, 6.07) is 6.04. The van der Waals surface area contributed by atoms with Crippen LogP contribution in [0.4, 0.5) is 4.39 Å². The number of nitrogens with zero attached hydrogens (tertiary/aromatic N) is 1. The molecule has 0 aromatic heterocycles. The zero-order valence-corrected chi connectivity index (χ0v) is 8.51. The fraction of sp³-hybridized carbons (Fsp3) is 0.300. The van der Waals surface area contributed by atoms with Crippen LogP contribution in [0.5, 0.6) is 0 Å². The van der Waals surface area contributed by atoms with E-state index in [1.165, 1.54) is 23.9 Å². The van der Waals surface area contributed by atoms with Crippen molar-refractivity contribution in [1.82, 2.24) is 0 Å². The van der Waals surface area contributed by atoms with Gasteiger partial charge in [-0.25, -0.2) is 4.39 Å². The highest BCUT2D eigenvalue weighted by Gasteiger charge is 2.05. The molecule has 0 radical (unpaired) electrons. The van der Waals surface area contributed by atoms with Crippen LogP contribution in [0.1, 0.15) is 12.5 Å². The van der Waals surface area contributed by atoms with Gasteiger partial charge in [0.05, 0.1) is 18.2 Å². The maximum absolute atomic E-state index is 12.9. The summed E-state index contributed by atoms with van der Waals surface area (Å²) in [5, 5.41) is 17.4. The van der Waals surface area contributed by atoms with Crippen LogP contribution < -0.4 is 0 Å². The molecule has 0 aliphatic carbocycles. The third-order valence-electron chi connectivity index (χ3n) is 1.59. The Labute approximate surface area is 86.4 Å². The fourth-order valence-corrected chi connectivity index (χ4v) is 1.88. The van der Waals surface area contributed by atoms with Crippen LogP contribution in [-0.2, 0) is 0 Å². The SMILES string of the molecule is CC(CO)Sc1cc(F)cc(C#N)c1. The van der Waals surface area contributed by atoms with Crippen molar-refractivity contribution in [2.75, 3.05) is 6.61 Å². The Bertz CT molecular complexity index is 362. The van der Waals surface area contributed by atoms with E-state index in [-0.39, 0.29) is 11.9 Å². The van der Waals surface area contributed by atoms with Gasteiger partial charge in [-0.05, 0) is 18.2 Å². The summed E-state index contributed by atoms with van der Waals surface area (Å²) in [5.41, 5.74) is 0.303. The lowest BCUT2D eigenvalue weighted by Gasteiger charge is -2.07. The highest BCUT2D eigenvalue weighted by molar-refractivity contribution is 8.00. The van der Waals surface area contributed by atoms with Gasteiger partial charge in [0.15, 0.2) is 0 Å². The molecule has 1 atom stereocenters. The van der Waals surface area contributed by atoms with Gasteiger partial charge in [0.1, 0.15) is 5.82 Å². The van der Waals surface area contributed by atoms with Gasteiger partial charge >= 0.3 is 0 Å². The van der Waals surface area contributed by atoms with Crippen molar-refractivity contribution in [2.45, 2.75) is 17.1 Å². The Morgan fingerprint density at radius 1 is 1.57 bits per heavy atom. The molecule has 0 aliphatic heterocycles. The summed E-state index contributed by atoms with van der Waals surface area (Å²) in [4.78, 5) is 0.670. The van der Waals surface area contributed by atoms with Crippen LogP contribution in [0, 0.1) is 17.1 Å². The molecule has 1 aromatic rings. The van der Waals surface area contributed by atoms with E-state index in [0.717, 1.165) is 0 Å². The number of rotatable bonds is 3. The highest BCUT2D eigenvalue weighted by Crippen LogP contribution is 2.24. The number of aliphatic hydroxyl groups excluding tert-OH is 1. The number of halogens is 1. The number of thioether (sulfide) groups is 1. The summed E-state index contributed by atoms with van der Waals surface area (Å²) < 4.78 is 12.9. The van der Waals surface area contributed by atoms with Gasteiger partial charge in [0.2, 0.25) is 0 Å². The predicted octanol–water partition coefficient (Wildman–Crippen LogP) is 2.17. The zero-order valence-electron chi connectivity index (χ0n) is 7.70. The second-order valence-electron chi connectivity index (χ2n) is 2.90. The van der Waals surface area contributed by atoms with Gasteiger partial charge in [-0.1, -0.05) is 6.92 Å². The molecule has 1 N–H and O–H groups in total. The molecule has 0 spiro atoms. The standard InChI is InChI=1S/C10H10FNOS/c1-7(6-13)14-10-3-8(5-12)2-9(11)4-10/h2-4,7,13H,6H2,1H3. The molecular weight excluding hydrogens is 201 g/mol. The topological polar surface area (TPSA) is 44.0 Å². The predicted molar refractivity (Wildman–Crippen MR) is 53.5 cm³/mol. The molecule has 1 aromatic carbocycles. The van der Waals surface area contributed by atoms with E-state index in [1.807, 2.05) is 13.0 Å². The molecule has 14 heavy (non-hydrogen) atoms. The smallest absolute Gasteiger partial charge is 0.125 e. The minimum Gasteiger partial charge on any atom is -0.395 e. The molecule has 0 bridgehead atoms. The normalized spacial score (nSPS) is 12.1. The van der Waals surface area contributed by atoms with Crippen molar-refractivity contribution < 1.29 is 9.50 Å². The molecule has 0 saturated heterocycles. The summed E-state index contributed by atoms with van der Waals surface area (Å²) in [6.07, 6.45) is 0. The van der Waals surface area contributed by atoms with Gasteiger partial charge in [-0.15, -0.1) is 11.8 Å². The minimum absolute atomic E-state index is 0.00310. The Kier molecular flexibility index (Phi) is 3.93. The second kappa shape index (κ2) is 4.99.